The Bertz CT molecular complexity index is 982. The molecular weight excluding hydrogens is 477 g/mol. The van der Waals surface area contributed by atoms with Crippen molar-refractivity contribution in [2.75, 3.05) is 5.32 Å². The van der Waals surface area contributed by atoms with Gasteiger partial charge in [0.25, 0.3) is 0 Å². The van der Waals surface area contributed by atoms with Gasteiger partial charge in [0.2, 0.25) is 0 Å². The molecule has 4 N–H and O–H groups in total. The maximum absolute atomic E-state index is 10.4. The fraction of sp³-hybridized carbons (Fsp3) is 0.389. The molecule has 2 aromatic heterocycles. The zero-order valence-electron chi connectivity index (χ0n) is 15.0. The summed E-state index contributed by atoms with van der Waals surface area (Å²) in [5, 5.41) is 33.5. The van der Waals surface area contributed by atoms with E-state index >= 15 is 0 Å². The average Bonchev–Trinajstić information content (AvgIpc) is 3.22. The zero-order valence-corrected chi connectivity index (χ0v) is 17.1. The van der Waals surface area contributed by atoms with E-state index in [4.69, 9.17) is 4.74 Å². The van der Waals surface area contributed by atoms with Crippen LogP contribution in [0.4, 0.5) is 5.82 Å². The number of hydrogen-bond donors (Lipinski definition) is 4. The van der Waals surface area contributed by atoms with E-state index in [1.807, 2.05) is 18.2 Å². The number of nitrogens with zero attached hydrogens (tertiary/aromatic N) is 4. The number of aliphatic hydroxyl groups is 3. The molecular formula is C18H20IN5O4. The fourth-order valence-electron chi connectivity index (χ4n) is 3.31. The highest BCUT2D eigenvalue weighted by Crippen LogP contribution is 2.33. The van der Waals surface area contributed by atoms with Gasteiger partial charge in [-0.3, -0.25) is 4.57 Å². The van der Waals surface area contributed by atoms with Crippen molar-refractivity contribution < 1.29 is 20.1 Å². The van der Waals surface area contributed by atoms with Gasteiger partial charge in [0.1, 0.15) is 24.6 Å². The lowest BCUT2D eigenvalue weighted by Crippen LogP contribution is -2.37. The monoisotopic (exact) mass is 497 g/mol. The summed E-state index contributed by atoms with van der Waals surface area (Å²) in [6.45, 7) is 2.07. The first-order valence-corrected chi connectivity index (χ1v) is 9.89. The van der Waals surface area contributed by atoms with Gasteiger partial charge in [-0.05, 0) is 47.2 Å². The van der Waals surface area contributed by atoms with Crippen LogP contribution in [0.3, 0.4) is 0 Å². The highest BCUT2D eigenvalue weighted by Gasteiger charge is 2.46. The molecule has 1 saturated heterocycles. The second-order valence-corrected chi connectivity index (χ2v) is 7.99. The van der Waals surface area contributed by atoms with Crippen molar-refractivity contribution in [2.24, 2.45) is 0 Å². The third kappa shape index (κ3) is 3.57. The number of benzene rings is 1. The Morgan fingerprint density at radius 1 is 1.25 bits per heavy atom. The smallest absolute Gasteiger partial charge is 0.167 e. The largest absolute Gasteiger partial charge is 0.391 e. The lowest BCUT2D eigenvalue weighted by molar-refractivity contribution is -0.0777. The molecule has 10 heteroatoms. The van der Waals surface area contributed by atoms with Crippen molar-refractivity contribution in [2.45, 2.75) is 44.1 Å². The van der Waals surface area contributed by atoms with Gasteiger partial charge in [-0.2, -0.15) is 0 Å². The second-order valence-electron chi connectivity index (χ2n) is 6.74. The summed E-state index contributed by atoms with van der Waals surface area (Å²) < 4.78 is 8.37. The number of rotatable bonds is 5. The third-order valence-corrected chi connectivity index (χ3v) is 5.40. The molecule has 1 aliphatic rings. The summed E-state index contributed by atoms with van der Waals surface area (Å²) in [4.78, 5) is 12.9. The lowest BCUT2D eigenvalue weighted by atomic mass is 10.1. The summed E-state index contributed by atoms with van der Waals surface area (Å²) in [7, 11) is 0. The second kappa shape index (κ2) is 7.87. The minimum absolute atomic E-state index is 0.461. The van der Waals surface area contributed by atoms with Crippen LogP contribution < -0.4 is 5.32 Å². The maximum Gasteiger partial charge on any atom is 0.167 e. The van der Waals surface area contributed by atoms with Gasteiger partial charge in [-0.15, -0.1) is 0 Å². The Morgan fingerprint density at radius 2 is 2.07 bits per heavy atom. The molecule has 0 spiro atoms. The van der Waals surface area contributed by atoms with Gasteiger partial charge in [-0.1, -0.05) is 12.1 Å². The molecule has 1 aliphatic heterocycles. The molecule has 0 saturated carbocycles. The van der Waals surface area contributed by atoms with Gasteiger partial charge < -0.3 is 25.4 Å². The summed E-state index contributed by atoms with van der Waals surface area (Å²) in [6.07, 6.45) is -2.25. The fourth-order valence-corrected chi connectivity index (χ4v) is 3.92. The van der Waals surface area contributed by atoms with Gasteiger partial charge in [0, 0.05) is 10.1 Å². The molecule has 3 aromatic rings. The van der Waals surface area contributed by atoms with Crippen LogP contribution in [0.5, 0.6) is 0 Å². The molecule has 0 bridgehead atoms. The van der Waals surface area contributed by atoms with E-state index in [0.29, 0.717) is 23.5 Å². The minimum Gasteiger partial charge on any atom is -0.391 e. The van der Waals surface area contributed by atoms with Crippen molar-refractivity contribution in [3.63, 3.8) is 0 Å². The first kappa shape index (κ1) is 19.5. The number of nitrogens with one attached hydrogen (secondary N) is 1. The predicted octanol–water partition coefficient (Wildman–Crippen LogP) is 1.04. The third-order valence-electron chi connectivity index (χ3n) is 4.73. The zero-order chi connectivity index (χ0) is 19.8. The van der Waals surface area contributed by atoms with E-state index in [-0.39, 0.29) is 0 Å². The Morgan fingerprint density at radius 3 is 2.79 bits per heavy atom. The molecule has 9 nitrogen and oxygen atoms in total. The minimum atomic E-state index is -1.21. The molecule has 1 fully saturated rings. The summed E-state index contributed by atoms with van der Waals surface area (Å²) in [5.74, 6) is 0.558. The highest BCUT2D eigenvalue weighted by molar-refractivity contribution is 14.1. The molecule has 148 valence electrons. The SMILES string of the molecule is C[C@@H](O)[C@H]1O[C@@H](n2cnc3c(NCc4cccc(I)c4)ncnc32)[C@H](O)[C@@H]1O. The van der Waals surface area contributed by atoms with Gasteiger partial charge in [0.15, 0.2) is 23.2 Å². The van der Waals surface area contributed by atoms with Crippen molar-refractivity contribution in [3.05, 3.63) is 46.1 Å². The van der Waals surface area contributed by atoms with E-state index in [0.717, 1.165) is 9.13 Å². The Labute approximate surface area is 174 Å². The van der Waals surface area contributed by atoms with Gasteiger partial charge in [-0.25, -0.2) is 15.0 Å². The van der Waals surface area contributed by atoms with Crippen LogP contribution in [0.25, 0.3) is 11.2 Å². The molecule has 0 unspecified atom stereocenters. The van der Waals surface area contributed by atoms with Crippen molar-refractivity contribution in [1.82, 2.24) is 19.5 Å². The number of aliphatic hydroxyl groups excluding tert-OH is 3. The molecule has 28 heavy (non-hydrogen) atoms. The summed E-state index contributed by atoms with van der Waals surface area (Å²) in [6, 6.07) is 8.11. The standard InChI is InChI=1S/C18H20IN5O4/c1-9(25)15-13(26)14(27)18(28-15)24-8-23-12-16(21-7-22-17(12)24)20-6-10-3-2-4-11(19)5-10/h2-5,7-9,13-15,18,25-27H,6H2,1H3,(H,20,21,22)/t9-,13+,14-,15-,18-/m1/s1. The van der Waals surface area contributed by atoms with E-state index in [1.54, 1.807) is 4.57 Å². The Balaban J connectivity index is 1.60. The maximum atomic E-state index is 10.4. The number of ether oxygens (including phenoxy) is 1. The topological polar surface area (TPSA) is 126 Å². The van der Waals surface area contributed by atoms with Crippen LogP contribution in [0.1, 0.15) is 18.7 Å². The first-order chi connectivity index (χ1) is 13.5. The quantitative estimate of drug-likeness (QED) is 0.386. The predicted molar refractivity (Wildman–Crippen MR) is 109 cm³/mol. The number of fused-ring (bicyclic) bond motifs is 1. The number of anilines is 1. The number of aromatic nitrogens is 4. The number of halogens is 1. The number of hydrogen-bond acceptors (Lipinski definition) is 8. The Hall–Kier alpha value is -1.86. The number of imidazole rings is 1. The molecule has 4 rings (SSSR count). The molecule has 0 amide bonds. The lowest BCUT2D eigenvalue weighted by Gasteiger charge is -2.17. The summed E-state index contributed by atoms with van der Waals surface area (Å²) in [5.41, 5.74) is 2.09. The molecule has 0 aliphatic carbocycles. The van der Waals surface area contributed by atoms with Crippen molar-refractivity contribution in [3.8, 4) is 0 Å². The summed E-state index contributed by atoms with van der Waals surface area (Å²) >= 11 is 2.26. The van der Waals surface area contributed by atoms with E-state index in [2.05, 4.69) is 48.9 Å². The van der Waals surface area contributed by atoms with Gasteiger partial charge >= 0.3 is 0 Å². The van der Waals surface area contributed by atoms with Crippen LogP contribution in [-0.2, 0) is 11.3 Å². The van der Waals surface area contributed by atoms with Crippen LogP contribution in [0.2, 0.25) is 0 Å². The van der Waals surface area contributed by atoms with E-state index in [1.165, 1.54) is 19.6 Å². The van der Waals surface area contributed by atoms with E-state index < -0.39 is 30.6 Å². The normalized spacial score (nSPS) is 25.9. The van der Waals surface area contributed by atoms with Crippen molar-refractivity contribution in [1.29, 1.82) is 0 Å². The van der Waals surface area contributed by atoms with Crippen LogP contribution in [0.15, 0.2) is 36.9 Å². The molecule has 5 atom stereocenters. The van der Waals surface area contributed by atoms with Gasteiger partial charge in [0.05, 0.1) is 12.4 Å². The van der Waals surface area contributed by atoms with Crippen LogP contribution in [0, 0.1) is 3.57 Å². The molecule has 3 heterocycles. The van der Waals surface area contributed by atoms with E-state index in [9.17, 15) is 15.3 Å². The Kier molecular flexibility index (Phi) is 5.47. The van der Waals surface area contributed by atoms with Crippen molar-refractivity contribution >= 4 is 39.6 Å². The average molecular weight is 497 g/mol. The molecule has 0 radical (unpaired) electrons. The first-order valence-electron chi connectivity index (χ1n) is 8.81. The van der Waals surface area contributed by atoms with Crippen LogP contribution >= 0.6 is 22.6 Å². The molecule has 1 aromatic carbocycles. The van der Waals surface area contributed by atoms with Crippen LogP contribution in [-0.4, -0.2) is 59.3 Å². The highest BCUT2D eigenvalue weighted by atomic mass is 127.